The summed E-state index contributed by atoms with van der Waals surface area (Å²) in [6, 6.07) is 11.4. The van der Waals surface area contributed by atoms with Gasteiger partial charge in [-0.2, -0.15) is 5.26 Å². The highest BCUT2D eigenvalue weighted by atomic mass is 35.5. The van der Waals surface area contributed by atoms with Crippen LogP contribution in [-0.4, -0.2) is 0 Å². The van der Waals surface area contributed by atoms with Crippen molar-refractivity contribution in [3.8, 4) is 17.6 Å². The maximum atomic E-state index is 13.2. The van der Waals surface area contributed by atoms with Crippen molar-refractivity contribution >= 4 is 11.6 Å². The van der Waals surface area contributed by atoms with Crippen LogP contribution >= 0.6 is 11.6 Å². The predicted molar refractivity (Wildman–Crippen MR) is 71.9 cm³/mol. The molecule has 2 aromatic rings. The van der Waals surface area contributed by atoms with E-state index < -0.39 is 0 Å². The van der Waals surface area contributed by atoms with Gasteiger partial charge in [-0.1, -0.05) is 12.1 Å². The third kappa shape index (κ3) is 3.04. The van der Waals surface area contributed by atoms with Crippen LogP contribution in [0.3, 0.4) is 0 Å². The number of rotatable bonds is 3. The quantitative estimate of drug-likeness (QED) is 0.771. The molecule has 4 heteroatoms. The molecule has 0 fully saturated rings. The molecule has 0 atom stereocenters. The van der Waals surface area contributed by atoms with Gasteiger partial charge in [0.1, 0.15) is 23.4 Å². The molecule has 0 spiro atoms. The smallest absolute Gasteiger partial charge is 0.145 e. The first-order chi connectivity index (χ1) is 9.13. The number of hydrogen-bond acceptors (Lipinski definition) is 2. The second-order valence-corrected chi connectivity index (χ2v) is 4.36. The van der Waals surface area contributed by atoms with Gasteiger partial charge < -0.3 is 4.74 Å². The molecule has 0 aliphatic heterocycles. The van der Waals surface area contributed by atoms with Crippen LogP contribution in [-0.2, 0) is 5.88 Å². The molecule has 0 aliphatic rings. The lowest BCUT2D eigenvalue weighted by Gasteiger charge is -2.10. The summed E-state index contributed by atoms with van der Waals surface area (Å²) >= 11 is 5.71. The van der Waals surface area contributed by atoms with Gasteiger partial charge in [-0.3, -0.25) is 0 Å². The summed E-state index contributed by atoms with van der Waals surface area (Å²) in [6.07, 6.45) is 0. The monoisotopic (exact) mass is 275 g/mol. The Morgan fingerprint density at radius 1 is 1.21 bits per heavy atom. The molecule has 0 unspecified atom stereocenters. The summed E-state index contributed by atoms with van der Waals surface area (Å²) in [6.45, 7) is 1.81. The van der Waals surface area contributed by atoms with Crippen molar-refractivity contribution in [1.29, 1.82) is 5.26 Å². The van der Waals surface area contributed by atoms with Crippen molar-refractivity contribution < 1.29 is 9.13 Å². The SMILES string of the molecule is Cc1ccc(F)cc1Oc1ccc(CCl)cc1C#N. The lowest BCUT2D eigenvalue weighted by Crippen LogP contribution is -1.92. The van der Waals surface area contributed by atoms with Crippen LogP contribution in [0.2, 0.25) is 0 Å². The van der Waals surface area contributed by atoms with E-state index in [9.17, 15) is 4.39 Å². The van der Waals surface area contributed by atoms with Crippen LogP contribution in [0.4, 0.5) is 4.39 Å². The van der Waals surface area contributed by atoms with Gasteiger partial charge in [0.25, 0.3) is 0 Å². The summed E-state index contributed by atoms with van der Waals surface area (Å²) in [5.74, 6) is 0.741. The minimum atomic E-state index is -0.378. The van der Waals surface area contributed by atoms with Gasteiger partial charge in [-0.15, -0.1) is 11.6 Å². The Morgan fingerprint density at radius 2 is 2.00 bits per heavy atom. The molecule has 0 amide bonds. The lowest BCUT2D eigenvalue weighted by atomic mass is 10.1. The van der Waals surface area contributed by atoms with E-state index in [1.165, 1.54) is 12.1 Å². The Kier molecular flexibility index (Phi) is 4.03. The Morgan fingerprint density at radius 3 is 2.68 bits per heavy atom. The third-order valence-corrected chi connectivity index (χ3v) is 3.00. The average Bonchev–Trinajstić information content (AvgIpc) is 2.43. The summed E-state index contributed by atoms with van der Waals surface area (Å²) in [7, 11) is 0. The van der Waals surface area contributed by atoms with E-state index in [-0.39, 0.29) is 5.82 Å². The summed E-state index contributed by atoms with van der Waals surface area (Å²) in [4.78, 5) is 0. The van der Waals surface area contributed by atoms with Gasteiger partial charge in [0, 0.05) is 11.9 Å². The first kappa shape index (κ1) is 13.4. The van der Waals surface area contributed by atoms with E-state index in [1.807, 2.05) is 13.0 Å². The van der Waals surface area contributed by atoms with Gasteiger partial charge >= 0.3 is 0 Å². The van der Waals surface area contributed by atoms with E-state index in [2.05, 4.69) is 0 Å². The van der Waals surface area contributed by atoms with Crippen molar-refractivity contribution in [2.75, 3.05) is 0 Å². The zero-order valence-electron chi connectivity index (χ0n) is 10.3. The van der Waals surface area contributed by atoms with Crippen molar-refractivity contribution in [2.24, 2.45) is 0 Å². The van der Waals surface area contributed by atoms with Crippen LogP contribution in [0.5, 0.6) is 11.5 Å². The van der Waals surface area contributed by atoms with Gasteiger partial charge in [0.2, 0.25) is 0 Å². The van der Waals surface area contributed by atoms with Crippen LogP contribution in [0, 0.1) is 24.1 Å². The Labute approximate surface area is 116 Å². The minimum Gasteiger partial charge on any atom is -0.456 e. The second kappa shape index (κ2) is 5.73. The van der Waals surface area contributed by atoms with Crippen molar-refractivity contribution in [2.45, 2.75) is 12.8 Å². The number of ether oxygens (including phenoxy) is 1. The molecular formula is C15H11ClFNO. The Balaban J connectivity index is 2.38. The number of benzene rings is 2. The zero-order valence-corrected chi connectivity index (χ0v) is 11.0. The molecule has 0 radical (unpaired) electrons. The number of aryl methyl sites for hydroxylation is 1. The topological polar surface area (TPSA) is 33.0 Å². The molecule has 2 rings (SSSR count). The van der Waals surface area contributed by atoms with E-state index in [0.29, 0.717) is 22.9 Å². The molecular weight excluding hydrogens is 265 g/mol. The largest absolute Gasteiger partial charge is 0.456 e. The van der Waals surface area contributed by atoms with Crippen molar-refractivity contribution in [1.82, 2.24) is 0 Å². The van der Waals surface area contributed by atoms with Crippen LogP contribution in [0.15, 0.2) is 36.4 Å². The Hall–Kier alpha value is -2.05. The highest BCUT2D eigenvalue weighted by Gasteiger charge is 2.08. The first-order valence-corrected chi connectivity index (χ1v) is 6.20. The van der Waals surface area contributed by atoms with Gasteiger partial charge in [0.15, 0.2) is 0 Å². The van der Waals surface area contributed by atoms with E-state index in [4.69, 9.17) is 21.6 Å². The summed E-state index contributed by atoms with van der Waals surface area (Å²) in [5.41, 5.74) is 2.01. The van der Waals surface area contributed by atoms with Crippen molar-refractivity contribution in [3.63, 3.8) is 0 Å². The number of halogens is 2. The number of nitriles is 1. The van der Waals surface area contributed by atoms with Crippen molar-refractivity contribution in [3.05, 3.63) is 58.9 Å². The molecule has 0 saturated heterocycles. The number of nitrogens with zero attached hydrogens (tertiary/aromatic N) is 1. The number of alkyl halides is 1. The normalized spacial score (nSPS) is 10.0. The van der Waals surface area contributed by atoms with Crippen LogP contribution < -0.4 is 4.74 Å². The maximum Gasteiger partial charge on any atom is 0.145 e. The first-order valence-electron chi connectivity index (χ1n) is 5.67. The molecule has 2 aromatic carbocycles. The van der Waals surface area contributed by atoms with Crippen LogP contribution in [0.1, 0.15) is 16.7 Å². The summed E-state index contributed by atoms with van der Waals surface area (Å²) in [5, 5.41) is 9.09. The third-order valence-electron chi connectivity index (χ3n) is 2.69. The molecule has 96 valence electrons. The molecule has 0 saturated carbocycles. The molecule has 19 heavy (non-hydrogen) atoms. The fourth-order valence-corrected chi connectivity index (χ4v) is 1.81. The van der Waals surface area contributed by atoms with E-state index in [1.54, 1.807) is 24.3 Å². The standard InChI is InChI=1S/C15H11ClFNO/c1-10-2-4-13(17)7-15(10)19-14-5-3-11(8-16)6-12(14)9-18/h2-7H,8H2,1H3. The summed E-state index contributed by atoms with van der Waals surface area (Å²) < 4.78 is 18.8. The highest BCUT2D eigenvalue weighted by molar-refractivity contribution is 6.17. The van der Waals surface area contributed by atoms with Gasteiger partial charge in [0.05, 0.1) is 5.56 Å². The zero-order chi connectivity index (χ0) is 13.8. The average molecular weight is 276 g/mol. The molecule has 2 nitrogen and oxygen atoms in total. The molecule has 0 heterocycles. The predicted octanol–water partition coefficient (Wildman–Crippen LogP) is 4.54. The van der Waals surface area contributed by atoms with Gasteiger partial charge in [-0.05, 0) is 36.2 Å². The molecule has 0 N–H and O–H groups in total. The fraction of sp³-hybridized carbons (Fsp3) is 0.133. The van der Waals surface area contributed by atoms with Crippen LogP contribution in [0.25, 0.3) is 0 Å². The molecule has 0 aliphatic carbocycles. The molecule has 0 bridgehead atoms. The van der Waals surface area contributed by atoms with Gasteiger partial charge in [-0.25, -0.2) is 4.39 Å². The second-order valence-electron chi connectivity index (χ2n) is 4.09. The van der Waals surface area contributed by atoms with E-state index >= 15 is 0 Å². The number of hydrogen-bond donors (Lipinski definition) is 0. The van der Waals surface area contributed by atoms with E-state index in [0.717, 1.165) is 11.1 Å². The minimum absolute atomic E-state index is 0.327. The maximum absolute atomic E-state index is 13.2. The fourth-order valence-electron chi connectivity index (χ4n) is 1.64. The Bertz CT molecular complexity index is 649. The lowest BCUT2D eigenvalue weighted by molar-refractivity contribution is 0.471. The molecule has 0 aromatic heterocycles. The highest BCUT2D eigenvalue weighted by Crippen LogP contribution is 2.29.